The van der Waals surface area contributed by atoms with Gasteiger partial charge in [0.25, 0.3) is 0 Å². The predicted octanol–water partition coefficient (Wildman–Crippen LogP) is 3.17. The molecule has 0 bridgehead atoms. The topological polar surface area (TPSA) is 113 Å². The first kappa shape index (κ1) is 22.3. The maximum atomic E-state index is 13.2. The molecule has 8 heteroatoms. The van der Waals surface area contributed by atoms with E-state index >= 15 is 0 Å². The zero-order valence-corrected chi connectivity index (χ0v) is 18.3. The van der Waals surface area contributed by atoms with Gasteiger partial charge in [0, 0.05) is 31.5 Å². The number of carboxylic acids is 1. The van der Waals surface area contributed by atoms with Gasteiger partial charge >= 0.3 is 5.97 Å². The first-order valence-corrected chi connectivity index (χ1v) is 10.7. The number of hydrogen-bond acceptors (Lipinski definition) is 5. The molecule has 33 heavy (non-hydrogen) atoms. The number of para-hydroxylation sites is 2. The second kappa shape index (κ2) is 9.30. The van der Waals surface area contributed by atoms with Crippen LogP contribution in [0.25, 0.3) is 10.8 Å². The average Bonchev–Trinajstić information content (AvgIpc) is 2.95. The molecule has 1 aliphatic rings. The van der Waals surface area contributed by atoms with Gasteiger partial charge in [-0.15, -0.1) is 0 Å². The molecular weight excluding hydrogens is 422 g/mol. The van der Waals surface area contributed by atoms with Crippen LogP contribution in [0.15, 0.2) is 54.6 Å². The van der Waals surface area contributed by atoms with Crippen LogP contribution in [0.5, 0.6) is 5.75 Å². The molecule has 3 aromatic rings. The molecule has 4 rings (SSSR count). The monoisotopic (exact) mass is 447 g/mol. The number of rotatable bonds is 6. The molecule has 0 saturated carbocycles. The highest BCUT2D eigenvalue weighted by molar-refractivity contribution is 6.05. The van der Waals surface area contributed by atoms with Crippen LogP contribution in [0.2, 0.25) is 0 Å². The van der Waals surface area contributed by atoms with Crippen LogP contribution in [-0.4, -0.2) is 43.1 Å². The molecular formula is C25H25N3O5. The molecule has 0 saturated heterocycles. The quantitative estimate of drug-likeness (QED) is 0.600. The Morgan fingerprint density at radius 1 is 1.09 bits per heavy atom. The summed E-state index contributed by atoms with van der Waals surface area (Å²) >= 11 is 0. The first-order chi connectivity index (χ1) is 15.9. The third-order valence-electron chi connectivity index (χ3n) is 5.84. The van der Waals surface area contributed by atoms with Gasteiger partial charge < -0.3 is 25.4 Å². The van der Waals surface area contributed by atoms with Crippen molar-refractivity contribution in [2.45, 2.75) is 19.4 Å². The van der Waals surface area contributed by atoms with Crippen LogP contribution >= 0.6 is 0 Å². The lowest BCUT2D eigenvalue weighted by molar-refractivity contribution is -0.119. The van der Waals surface area contributed by atoms with Gasteiger partial charge in [-0.05, 0) is 41.1 Å². The van der Waals surface area contributed by atoms with Crippen molar-refractivity contribution in [1.82, 2.24) is 0 Å². The highest BCUT2D eigenvalue weighted by atomic mass is 16.5. The summed E-state index contributed by atoms with van der Waals surface area (Å²) < 4.78 is 5.59. The maximum absolute atomic E-state index is 13.2. The van der Waals surface area contributed by atoms with Gasteiger partial charge in [-0.1, -0.05) is 24.3 Å². The summed E-state index contributed by atoms with van der Waals surface area (Å²) in [6.07, 6.45) is 0.368. The van der Waals surface area contributed by atoms with Crippen molar-refractivity contribution in [2.75, 3.05) is 30.0 Å². The fourth-order valence-electron chi connectivity index (χ4n) is 4.23. The van der Waals surface area contributed by atoms with Gasteiger partial charge in [0.1, 0.15) is 5.75 Å². The molecule has 3 aromatic carbocycles. The molecule has 1 heterocycles. The lowest BCUT2D eigenvalue weighted by atomic mass is 10.00. The molecule has 3 N–H and O–H groups in total. The van der Waals surface area contributed by atoms with Crippen molar-refractivity contribution < 1.29 is 24.2 Å². The van der Waals surface area contributed by atoms with Gasteiger partial charge in [0.2, 0.25) is 11.8 Å². The van der Waals surface area contributed by atoms with Crippen molar-refractivity contribution in [3.05, 3.63) is 65.7 Å². The number of fused-ring (bicyclic) bond motifs is 2. The Morgan fingerprint density at radius 2 is 1.85 bits per heavy atom. The summed E-state index contributed by atoms with van der Waals surface area (Å²) in [4.78, 5) is 40.6. The van der Waals surface area contributed by atoms with E-state index in [2.05, 4.69) is 0 Å². The van der Waals surface area contributed by atoms with E-state index in [9.17, 15) is 19.5 Å². The Labute approximate surface area is 191 Å². The van der Waals surface area contributed by atoms with Gasteiger partial charge in [-0.25, -0.2) is 4.79 Å². The van der Waals surface area contributed by atoms with Gasteiger partial charge in [0.05, 0.1) is 30.6 Å². The minimum Gasteiger partial charge on any atom is -0.496 e. The fourth-order valence-corrected chi connectivity index (χ4v) is 4.23. The molecule has 0 spiro atoms. The third-order valence-corrected chi connectivity index (χ3v) is 5.84. The average molecular weight is 447 g/mol. The molecule has 8 nitrogen and oxygen atoms in total. The summed E-state index contributed by atoms with van der Waals surface area (Å²) in [5, 5.41) is 10.9. The molecule has 0 atom stereocenters. The van der Waals surface area contributed by atoms with E-state index in [0.29, 0.717) is 17.1 Å². The van der Waals surface area contributed by atoms with Crippen LogP contribution in [0.4, 0.5) is 11.4 Å². The lowest BCUT2D eigenvalue weighted by Crippen LogP contribution is -2.33. The largest absolute Gasteiger partial charge is 0.496 e. The van der Waals surface area contributed by atoms with Gasteiger partial charge in [-0.2, -0.15) is 0 Å². The van der Waals surface area contributed by atoms with Crippen LogP contribution in [0.3, 0.4) is 0 Å². The van der Waals surface area contributed by atoms with Crippen LogP contribution in [0.1, 0.15) is 28.8 Å². The van der Waals surface area contributed by atoms with Gasteiger partial charge in [-0.3, -0.25) is 9.59 Å². The smallest absolute Gasteiger partial charge is 0.335 e. The molecule has 0 aromatic heterocycles. The number of carbonyl (C=O) groups is 3. The third kappa shape index (κ3) is 4.25. The minimum absolute atomic E-state index is 0.119. The van der Waals surface area contributed by atoms with E-state index in [1.54, 1.807) is 47.2 Å². The number of aromatic carboxylic acids is 1. The second-order valence-corrected chi connectivity index (χ2v) is 7.79. The van der Waals surface area contributed by atoms with E-state index in [0.717, 1.165) is 16.3 Å². The molecule has 0 aliphatic carbocycles. The summed E-state index contributed by atoms with van der Waals surface area (Å²) in [6, 6.07) is 15.8. The second-order valence-electron chi connectivity index (χ2n) is 7.79. The number of ether oxygens (including phenoxy) is 1. The number of carboxylic acid groups (broad SMARTS) is 1. The van der Waals surface area contributed by atoms with E-state index in [1.807, 2.05) is 24.3 Å². The molecule has 1 aliphatic heterocycles. The molecule has 170 valence electrons. The zero-order chi connectivity index (χ0) is 23.5. The van der Waals surface area contributed by atoms with Crippen molar-refractivity contribution >= 4 is 39.9 Å². The molecule has 0 fully saturated rings. The number of hydrogen-bond donors (Lipinski definition) is 2. The zero-order valence-electron chi connectivity index (χ0n) is 18.3. The number of nitrogens with zero attached hydrogens (tertiary/aromatic N) is 2. The highest BCUT2D eigenvalue weighted by Gasteiger charge is 2.29. The predicted molar refractivity (Wildman–Crippen MR) is 126 cm³/mol. The van der Waals surface area contributed by atoms with Crippen molar-refractivity contribution in [1.29, 1.82) is 0 Å². The number of anilines is 2. The fraction of sp³-hybridized carbons (Fsp3) is 0.240. The van der Waals surface area contributed by atoms with Gasteiger partial charge in [0.15, 0.2) is 0 Å². The normalized spacial score (nSPS) is 13.6. The number of amides is 2. The minimum atomic E-state index is -1.01. The van der Waals surface area contributed by atoms with E-state index in [1.165, 1.54) is 0 Å². The number of methoxy groups -OCH3 is 1. The summed E-state index contributed by atoms with van der Waals surface area (Å²) in [5.74, 6) is -0.653. The number of benzene rings is 3. The van der Waals surface area contributed by atoms with Crippen molar-refractivity contribution in [3.8, 4) is 5.75 Å². The number of nitrogens with two attached hydrogens (primary N) is 1. The Hall–Kier alpha value is -3.91. The Balaban J connectivity index is 1.81. The summed E-state index contributed by atoms with van der Waals surface area (Å²) in [6.45, 7) is 0.724. The Kier molecular flexibility index (Phi) is 6.28. The van der Waals surface area contributed by atoms with E-state index in [-0.39, 0.29) is 49.9 Å². The molecule has 2 amide bonds. The SMILES string of the molecule is COc1ccc2cc(C(=O)O)ccc2c1CN1C(=O)CCN(C(=O)CCN)c2ccccc21. The van der Waals surface area contributed by atoms with Crippen LogP contribution in [0, 0.1) is 0 Å². The van der Waals surface area contributed by atoms with Crippen molar-refractivity contribution in [2.24, 2.45) is 5.73 Å². The van der Waals surface area contributed by atoms with Crippen molar-refractivity contribution in [3.63, 3.8) is 0 Å². The first-order valence-electron chi connectivity index (χ1n) is 10.7. The molecule has 0 radical (unpaired) electrons. The summed E-state index contributed by atoms with van der Waals surface area (Å²) in [7, 11) is 1.56. The van der Waals surface area contributed by atoms with E-state index < -0.39 is 5.97 Å². The maximum Gasteiger partial charge on any atom is 0.335 e. The lowest BCUT2D eigenvalue weighted by Gasteiger charge is -2.26. The summed E-state index contributed by atoms with van der Waals surface area (Å²) in [5.41, 5.74) is 7.83. The van der Waals surface area contributed by atoms with E-state index in [4.69, 9.17) is 10.5 Å². The highest BCUT2D eigenvalue weighted by Crippen LogP contribution is 2.37. The Bertz CT molecular complexity index is 1240. The standard InChI is InChI=1S/C25H25N3O5/c1-33-22-9-7-16-14-17(25(31)32)6-8-18(16)19(22)15-28-21-5-3-2-4-20(21)27(13-11-24(28)30)23(29)10-12-26/h2-9,14H,10-13,15,26H2,1H3,(H,31,32). The van der Waals surface area contributed by atoms with Crippen LogP contribution in [-0.2, 0) is 16.1 Å². The van der Waals surface area contributed by atoms with Crippen LogP contribution < -0.4 is 20.3 Å². The number of carbonyl (C=O) groups excluding carboxylic acids is 2. The molecule has 0 unspecified atom stereocenters. The Morgan fingerprint density at radius 3 is 2.55 bits per heavy atom.